The maximum absolute atomic E-state index is 13.3. The maximum atomic E-state index is 13.3. The van der Waals surface area contributed by atoms with Gasteiger partial charge >= 0.3 is 11.4 Å². The summed E-state index contributed by atoms with van der Waals surface area (Å²) < 4.78 is 54.7. The van der Waals surface area contributed by atoms with Crippen LogP contribution in [0.5, 0.6) is 0 Å². The highest BCUT2D eigenvalue weighted by molar-refractivity contribution is 6.30. The second-order valence-corrected chi connectivity index (χ2v) is 10.7. The molecule has 2 atom stereocenters. The minimum Gasteiger partial charge on any atom is -0.364 e. The van der Waals surface area contributed by atoms with Gasteiger partial charge in [0, 0.05) is 19.1 Å². The third kappa shape index (κ3) is 7.68. The number of aromatic nitrogens is 4. The van der Waals surface area contributed by atoms with Crippen molar-refractivity contribution in [2.75, 3.05) is 5.32 Å². The summed E-state index contributed by atoms with van der Waals surface area (Å²) in [5.41, 5.74) is 5.86. The molecule has 0 amide bonds. The smallest absolute Gasteiger partial charge is 0.329 e. The van der Waals surface area contributed by atoms with E-state index in [9.17, 15) is 36.7 Å². The van der Waals surface area contributed by atoms with Crippen molar-refractivity contribution in [2.24, 2.45) is 5.73 Å². The topological polar surface area (TPSA) is 148 Å². The molecule has 0 bridgehead atoms. The number of hydrogen-bond donors (Lipinski definition) is 4. The Morgan fingerprint density at radius 1 is 0.870 bits per heavy atom. The molecule has 4 aromatic rings. The standard InChI is InChI=1S/C15H16ClF2N3O2.C15H15F2N3O2.CH4/c1-2-21-14(22)9(13(16)20-15(21)23)4-6-12(19)8-3-5-10(17)11(18)7-8;1-2-20-14(21)9-4-6-12(18-13(9)19-15(20)22)8-3-5-10(16)11(17)7-8;/h3,5,7,12H,2,4,6,19H2,1H3,(H,20,23);3,5,7,12,18H,2,4,6H2,1H3,(H,19,22);1H4/t2*12-;/m11./s1. The zero-order chi connectivity index (χ0) is 33.0. The number of nitrogens with zero attached hydrogens (tertiary/aromatic N) is 2. The number of hydrogen-bond acceptors (Lipinski definition) is 6. The van der Waals surface area contributed by atoms with E-state index in [1.165, 1.54) is 12.1 Å². The minimum absolute atomic E-state index is 0. The normalized spacial score (nSPS) is 14.3. The van der Waals surface area contributed by atoms with Crippen molar-refractivity contribution in [3.8, 4) is 0 Å². The number of H-pyrrole nitrogens is 2. The van der Waals surface area contributed by atoms with Crippen LogP contribution in [0.4, 0.5) is 23.4 Å². The first-order chi connectivity index (χ1) is 21.4. The number of rotatable bonds is 7. The molecule has 46 heavy (non-hydrogen) atoms. The lowest BCUT2D eigenvalue weighted by molar-refractivity contribution is 0.504. The summed E-state index contributed by atoms with van der Waals surface area (Å²) in [5.74, 6) is -3.39. The first-order valence-corrected chi connectivity index (χ1v) is 14.5. The Morgan fingerprint density at radius 3 is 2.07 bits per heavy atom. The van der Waals surface area contributed by atoms with Gasteiger partial charge < -0.3 is 11.1 Å². The Balaban J connectivity index is 0.000000245. The zero-order valence-corrected chi connectivity index (χ0v) is 25.1. The molecule has 248 valence electrons. The molecule has 0 saturated carbocycles. The van der Waals surface area contributed by atoms with Crippen molar-refractivity contribution < 1.29 is 17.6 Å². The first kappa shape index (κ1) is 36.0. The van der Waals surface area contributed by atoms with Crippen molar-refractivity contribution in [1.82, 2.24) is 19.1 Å². The number of fused-ring (bicyclic) bond motifs is 1. The average Bonchev–Trinajstić information content (AvgIpc) is 3.00. The van der Waals surface area contributed by atoms with Gasteiger partial charge in [0.2, 0.25) is 0 Å². The van der Waals surface area contributed by atoms with Gasteiger partial charge in [-0.2, -0.15) is 0 Å². The van der Waals surface area contributed by atoms with Crippen LogP contribution in [0, 0.1) is 23.3 Å². The second kappa shape index (κ2) is 15.2. The SMILES string of the molecule is C.CCn1c(=O)[nH]c(Cl)c(CC[C@@H](N)c2ccc(F)c(F)c2)c1=O.CCn1c(=O)[nH]c2c(c1=O)CC[C@H](c1ccc(F)c(F)c1)N2. The molecule has 0 spiro atoms. The summed E-state index contributed by atoms with van der Waals surface area (Å²) in [5, 5.41) is 3.01. The molecule has 2 aromatic heterocycles. The summed E-state index contributed by atoms with van der Waals surface area (Å²) >= 11 is 5.92. The molecule has 0 unspecified atom stereocenters. The van der Waals surface area contributed by atoms with E-state index in [1.807, 2.05) is 0 Å². The molecule has 0 fully saturated rings. The Bertz CT molecular complexity index is 1960. The molecule has 5 N–H and O–H groups in total. The Labute approximate surface area is 265 Å². The summed E-state index contributed by atoms with van der Waals surface area (Å²) in [6.45, 7) is 3.91. The van der Waals surface area contributed by atoms with Crippen molar-refractivity contribution >= 4 is 17.4 Å². The van der Waals surface area contributed by atoms with Gasteiger partial charge in [-0.15, -0.1) is 0 Å². The zero-order valence-electron chi connectivity index (χ0n) is 24.4. The predicted octanol–water partition coefficient (Wildman–Crippen LogP) is 4.69. The van der Waals surface area contributed by atoms with Crippen LogP contribution in [0.2, 0.25) is 5.15 Å². The van der Waals surface area contributed by atoms with E-state index < -0.39 is 46.2 Å². The highest BCUT2D eigenvalue weighted by atomic mass is 35.5. The fourth-order valence-electron chi connectivity index (χ4n) is 5.07. The van der Waals surface area contributed by atoms with Crippen LogP contribution in [-0.4, -0.2) is 19.1 Å². The van der Waals surface area contributed by atoms with E-state index in [2.05, 4.69) is 15.3 Å². The molecule has 0 aliphatic carbocycles. The average molecular weight is 667 g/mol. The molecule has 2 aromatic carbocycles. The van der Waals surface area contributed by atoms with Gasteiger partial charge in [-0.05, 0) is 74.9 Å². The third-order valence-electron chi connectivity index (χ3n) is 7.57. The van der Waals surface area contributed by atoms with Gasteiger partial charge in [0.05, 0.1) is 17.2 Å². The van der Waals surface area contributed by atoms with Crippen LogP contribution in [0.15, 0.2) is 55.6 Å². The van der Waals surface area contributed by atoms with Crippen molar-refractivity contribution in [1.29, 1.82) is 0 Å². The van der Waals surface area contributed by atoms with Gasteiger partial charge in [0.15, 0.2) is 23.3 Å². The number of anilines is 1. The van der Waals surface area contributed by atoms with E-state index in [1.54, 1.807) is 13.8 Å². The van der Waals surface area contributed by atoms with Crippen molar-refractivity contribution in [3.63, 3.8) is 0 Å². The summed E-state index contributed by atoms with van der Waals surface area (Å²) in [6.07, 6.45) is 1.51. The highest BCUT2D eigenvalue weighted by Crippen LogP contribution is 2.29. The number of nitrogens with two attached hydrogens (primary N) is 1. The van der Waals surface area contributed by atoms with E-state index in [0.29, 0.717) is 41.9 Å². The Hall–Kier alpha value is -4.43. The predicted molar refractivity (Wildman–Crippen MR) is 168 cm³/mol. The molecule has 15 heteroatoms. The van der Waals surface area contributed by atoms with Crippen molar-refractivity contribution in [3.05, 3.63) is 129 Å². The van der Waals surface area contributed by atoms with Crippen LogP contribution in [0.3, 0.4) is 0 Å². The lowest BCUT2D eigenvalue weighted by Crippen LogP contribution is -2.39. The van der Waals surface area contributed by atoms with Gasteiger partial charge in [-0.1, -0.05) is 31.2 Å². The Morgan fingerprint density at radius 2 is 1.46 bits per heavy atom. The quantitative estimate of drug-likeness (QED) is 0.166. The van der Waals surface area contributed by atoms with Crippen LogP contribution in [0.1, 0.15) is 68.5 Å². The monoisotopic (exact) mass is 666 g/mol. The fraction of sp³-hybridized carbons (Fsp3) is 0.355. The van der Waals surface area contributed by atoms with Gasteiger partial charge in [-0.3, -0.25) is 28.7 Å². The number of benzene rings is 2. The largest absolute Gasteiger partial charge is 0.364 e. The van der Waals surface area contributed by atoms with E-state index in [-0.39, 0.29) is 49.1 Å². The fourth-order valence-corrected chi connectivity index (χ4v) is 5.32. The van der Waals surface area contributed by atoms with E-state index in [4.69, 9.17) is 17.3 Å². The number of halogens is 5. The lowest BCUT2D eigenvalue weighted by atomic mass is 9.95. The third-order valence-corrected chi connectivity index (χ3v) is 7.89. The molecular formula is C31H35ClF4N6O4. The molecule has 5 rings (SSSR count). The highest BCUT2D eigenvalue weighted by Gasteiger charge is 2.24. The summed E-state index contributed by atoms with van der Waals surface area (Å²) in [4.78, 5) is 52.9. The van der Waals surface area contributed by atoms with Crippen LogP contribution < -0.4 is 33.5 Å². The lowest BCUT2D eigenvalue weighted by Gasteiger charge is -2.26. The van der Waals surface area contributed by atoms with Crippen LogP contribution in [-0.2, 0) is 25.9 Å². The molecule has 1 aliphatic rings. The Kier molecular flexibility index (Phi) is 11.9. The number of aromatic amines is 2. The van der Waals surface area contributed by atoms with Gasteiger partial charge in [0.1, 0.15) is 11.0 Å². The van der Waals surface area contributed by atoms with Gasteiger partial charge in [0.25, 0.3) is 11.1 Å². The maximum Gasteiger partial charge on any atom is 0.329 e. The summed E-state index contributed by atoms with van der Waals surface area (Å²) in [7, 11) is 0. The second-order valence-electron chi connectivity index (χ2n) is 10.3. The van der Waals surface area contributed by atoms with Crippen molar-refractivity contribution in [2.45, 2.75) is 72.1 Å². The van der Waals surface area contributed by atoms with Crippen LogP contribution in [0.25, 0.3) is 0 Å². The molecular weight excluding hydrogens is 632 g/mol. The molecule has 3 heterocycles. The molecule has 0 radical (unpaired) electrons. The first-order valence-electron chi connectivity index (χ1n) is 14.2. The molecule has 10 nitrogen and oxygen atoms in total. The van der Waals surface area contributed by atoms with E-state index >= 15 is 0 Å². The summed E-state index contributed by atoms with van der Waals surface area (Å²) in [6, 6.07) is 6.23. The number of nitrogens with one attached hydrogen (secondary N) is 3. The molecule has 0 saturated heterocycles. The van der Waals surface area contributed by atoms with Crippen LogP contribution >= 0.6 is 11.6 Å². The van der Waals surface area contributed by atoms with Gasteiger partial charge in [-0.25, -0.2) is 27.2 Å². The minimum atomic E-state index is -0.978. The molecule has 1 aliphatic heterocycles. The van der Waals surface area contributed by atoms with E-state index in [0.717, 1.165) is 33.4 Å².